The molecule has 0 spiro atoms. The largest absolute Gasteiger partial charge is 0.382 e. The van der Waals surface area contributed by atoms with Gasteiger partial charge in [0.05, 0.1) is 6.20 Å². The molecule has 0 aliphatic rings. The van der Waals surface area contributed by atoms with Gasteiger partial charge < -0.3 is 5.73 Å². The monoisotopic (exact) mass is 194 g/mol. The first-order valence-corrected chi connectivity index (χ1v) is 4.92. The van der Waals surface area contributed by atoms with Crippen LogP contribution in [0, 0.1) is 11.3 Å². The summed E-state index contributed by atoms with van der Waals surface area (Å²) in [6.45, 7) is 2.08. The molecule has 1 aromatic rings. The molecule has 0 aliphatic carbocycles. The summed E-state index contributed by atoms with van der Waals surface area (Å²) in [4.78, 5) is 7.99. The third-order valence-electron chi connectivity index (χ3n) is 1.35. The van der Waals surface area contributed by atoms with Crippen LogP contribution in [-0.2, 0) is 0 Å². The Hall–Kier alpha value is -1.28. The van der Waals surface area contributed by atoms with E-state index in [1.165, 1.54) is 6.20 Å². The van der Waals surface area contributed by atoms with Gasteiger partial charge in [-0.3, -0.25) is 0 Å². The standard InChI is InChI=1S/C8H10N4S/c1-2-3-13-8-11-5-6(4-9)7(10)12-8/h5H,2-3H2,1H3,(H2,10,11,12). The summed E-state index contributed by atoms with van der Waals surface area (Å²) in [5.41, 5.74) is 5.85. The van der Waals surface area contributed by atoms with Crippen LogP contribution in [-0.4, -0.2) is 15.7 Å². The average Bonchev–Trinajstić information content (AvgIpc) is 2.15. The molecule has 13 heavy (non-hydrogen) atoms. The van der Waals surface area contributed by atoms with Gasteiger partial charge in [0, 0.05) is 5.75 Å². The van der Waals surface area contributed by atoms with Crippen LogP contribution in [0.5, 0.6) is 0 Å². The third kappa shape index (κ3) is 2.60. The lowest BCUT2D eigenvalue weighted by atomic mass is 10.3. The van der Waals surface area contributed by atoms with Crippen molar-refractivity contribution in [3.63, 3.8) is 0 Å². The van der Waals surface area contributed by atoms with Crippen LogP contribution >= 0.6 is 11.8 Å². The normalized spacial score (nSPS) is 9.54. The maximum atomic E-state index is 8.57. The summed E-state index contributed by atoms with van der Waals surface area (Å²) in [5, 5.41) is 9.21. The summed E-state index contributed by atoms with van der Waals surface area (Å²) in [5.74, 6) is 1.22. The number of rotatable bonds is 3. The van der Waals surface area contributed by atoms with Gasteiger partial charge in [0.2, 0.25) is 0 Å². The van der Waals surface area contributed by atoms with Crippen LogP contribution < -0.4 is 5.73 Å². The topological polar surface area (TPSA) is 75.6 Å². The van der Waals surface area contributed by atoms with E-state index in [0.29, 0.717) is 10.7 Å². The quantitative estimate of drug-likeness (QED) is 0.582. The molecule has 0 fully saturated rings. The Morgan fingerprint density at radius 3 is 3.00 bits per heavy atom. The zero-order valence-electron chi connectivity index (χ0n) is 7.32. The molecule has 4 nitrogen and oxygen atoms in total. The van der Waals surface area contributed by atoms with Crippen molar-refractivity contribution in [1.29, 1.82) is 5.26 Å². The first-order valence-electron chi connectivity index (χ1n) is 3.93. The number of thioether (sulfide) groups is 1. The Morgan fingerprint density at radius 1 is 1.69 bits per heavy atom. The van der Waals surface area contributed by atoms with Gasteiger partial charge in [-0.25, -0.2) is 9.97 Å². The van der Waals surface area contributed by atoms with Gasteiger partial charge in [-0.2, -0.15) is 5.26 Å². The number of nitrogen functional groups attached to an aromatic ring is 1. The fourth-order valence-electron chi connectivity index (χ4n) is 0.727. The summed E-state index contributed by atoms with van der Waals surface area (Å²) in [6, 6.07) is 1.92. The van der Waals surface area contributed by atoms with Crippen LogP contribution in [0.4, 0.5) is 5.82 Å². The average molecular weight is 194 g/mol. The molecular formula is C8H10N4S. The molecule has 1 heterocycles. The molecule has 0 bridgehead atoms. The van der Waals surface area contributed by atoms with Crippen molar-refractivity contribution >= 4 is 17.6 Å². The van der Waals surface area contributed by atoms with Crippen LogP contribution in [0.3, 0.4) is 0 Å². The number of nitrogens with two attached hydrogens (primary N) is 1. The molecule has 0 aliphatic heterocycles. The fraction of sp³-hybridized carbons (Fsp3) is 0.375. The minimum absolute atomic E-state index is 0.260. The lowest BCUT2D eigenvalue weighted by Gasteiger charge is -1.99. The molecule has 0 unspecified atom stereocenters. The van der Waals surface area contributed by atoms with Crippen LogP contribution in [0.15, 0.2) is 11.4 Å². The van der Waals surface area contributed by atoms with E-state index >= 15 is 0 Å². The fourth-order valence-corrected chi connectivity index (χ4v) is 1.40. The van der Waals surface area contributed by atoms with Crippen molar-refractivity contribution in [3.05, 3.63) is 11.8 Å². The molecule has 0 amide bonds. The van der Waals surface area contributed by atoms with Gasteiger partial charge >= 0.3 is 0 Å². The first kappa shape index (κ1) is 9.81. The van der Waals surface area contributed by atoms with Crippen LogP contribution in [0.2, 0.25) is 0 Å². The Balaban J connectivity index is 2.79. The van der Waals surface area contributed by atoms with Crippen molar-refractivity contribution in [2.45, 2.75) is 18.5 Å². The molecule has 0 atom stereocenters. The van der Waals surface area contributed by atoms with Gasteiger partial charge in [-0.15, -0.1) is 0 Å². The minimum Gasteiger partial charge on any atom is -0.382 e. The summed E-state index contributed by atoms with van der Waals surface area (Å²) in [7, 11) is 0. The van der Waals surface area contributed by atoms with Gasteiger partial charge in [0.1, 0.15) is 17.5 Å². The molecule has 1 aromatic heterocycles. The number of nitrogens with zero attached hydrogens (tertiary/aromatic N) is 3. The van der Waals surface area contributed by atoms with Crippen molar-refractivity contribution < 1.29 is 0 Å². The lowest BCUT2D eigenvalue weighted by molar-refractivity contribution is 0.963. The second-order valence-electron chi connectivity index (χ2n) is 2.41. The Morgan fingerprint density at radius 2 is 2.46 bits per heavy atom. The highest BCUT2D eigenvalue weighted by Gasteiger charge is 2.02. The Labute approximate surface area is 81.2 Å². The summed E-state index contributed by atoms with van der Waals surface area (Å²) in [6.07, 6.45) is 2.52. The van der Waals surface area contributed by atoms with Crippen LogP contribution in [0.1, 0.15) is 18.9 Å². The zero-order chi connectivity index (χ0) is 9.68. The van der Waals surface area contributed by atoms with Gasteiger partial charge in [0.15, 0.2) is 5.16 Å². The van der Waals surface area contributed by atoms with Gasteiger partial charge in [0.25, 0.3) is 0 Å². The highest BCUT2D eigenvalue weighted by atomic mass is 32.2. The van der Waals surface area contributed by atoms with E-state index < -0.39 is 0 Å². The van der Waals surface area contributed by atoms with Crippen molar-refractivity contribution in [1.82, 2.24) is 9.97 Å². The number of anilines is 1. The highest BCUT2D eigenvalue weighted by Crippen LogP contribution is 2.15. The molecule has 2 N–H and O–H groups in total. The molecule has 1 rings (SSSR count). The maximum absolute atomic E-state index is 8.57. The summed E-state index contributed by atoms with van der Waals surface area (Å²) >= 11 is 1.54. The highest BCUT2D eigenvalue weighted by molar-refractivity contribution is 7.99. The second-order valence-corrected chi connectivity index (χ2v) is 3.47. The zero-order valence-corrected chi connectivity index (χ0v) is 8.14. The molecule has 0 saturated heterocycles. The van der Waals surface area contributed by atoms with E-state index in [2.05, 4.69) is 16.9 Å². The number of nitriles is 1. The third-order valence-corrected chi connectivity index (χ3v) is 2.42. The van der Waals surface area contributed by atoms with E-state index in [0.717, 1.165) is 12.2 Å². The van der Waals surface area contributed by atoms with E-state index in [1.54, 1.807) is 11.8 Å². The first-order chi connectivity index (χ1) is 6.27. The van der Waals surface area contributed by atoms with E-state index in [1.807, 2.05) is 6.07 Å². The number of hydrogen-bond donors (Lipinski definition) is 1. The molecule has 5 heteroatoms. The predicted molar refractivity (Wildman–Crippen MR) is 52.2 cm³/mol. The lowest BCUT2D eigenvalue weighted by Crippen LogP contribution is -1.98. The summed E-state index contributed by atoms with van der Waals surface area (Å²) < 4.78 is 0. The van der Waals surface area contributed by atoms with E-state index in [-0.39, 0.29) is 5.82 Å². The van der Waals surface area contributed by atoms with E-state index in [9.17, 15) is 0 Å². The molecule has 0 aromatic carbocycles. The SMILES string of the molecule is CCCSc1ncc(C#N)c(N)n1. The van der Waals surface area contributed by atoms with Crippen molar-refractivity contribution in [2.24, 2.45) is 0 Å². The Bertz CT molecular complexity index is 331. The van der Waals surface area contributed by atoms with E-state index in [4.69, 9.17) is 11.0 Å². The smallest absolute Gasteiger partial charge is 0.189 e. The molecular weight excluding hydrogens is 184 g/mol. The van der Waals surface area contributed by atoms with Crippen molar-refractivity contribution in [2.75, 3.05) is 11.5 Å². The van der Waals surface area contributed by atoms with Crippen LogP contribution in [0.25, 0.3) is 0 Å². The van der Waals surface area contributed by atoms with Gasteiger partial charge in [-0.1, -0.05) is 18.7 Å². The number of aromatic nitrogens is 2. The molecule has 0 radical (unpaired) electrons. The second kappa shape index (κ2) is 4.67. The van der Waals surface area contributed by atoms with Crippen molar-refractivity contribution in [3.8, 4) is 6.07 Å². The number of hydrogen-bond acceptors (Lipinski definition) is 5. The minimum atomic E-state index is 0.260. The Kier molecular flexibility index (Phi) is 3.53. The molecule has 0 saturated carbocycles. The predicted octanol–water partition coefficient (Wildman–Crippen LogP) is 1.43. The maximum Gasteiger partial charge on any atom is 0.189 e. The van der Waals surface area contributed by atoms with Gasteiger partial charge in [-0.05, 0) is 6.42 Å². The molecule has 68 valence electrons.